The van der Waals surface area contributed by atoms with E-state index in [1.54, 1.807) is 0 Å². The Bertz CT molecular complexity index is 1500. The molecule has 0 aromatic heterocycles. The van der Waals surface area contributed by atoms with E-state index in [1.807, 2.05) is 21.1 Å². The maximum Gasteiger partial charge on any atom is 0.306 e. The first kappa shape index (κ1) is 68.2. The van der Waals surface area contributed by atoms with Crippen LogP contribution in [-0.4, -0.2) is 70.7 Å². The van der Waals surface area contributed by atoms with Gasteiger partial charge < -0.3 is 27.9 Å². The summed E-state index contributed by atoms with van der Waals surface area (Å²) in [6.45, 7) is 5.22. The van der Waals surface area contributed by atoms with E-state index in [0.717, 1.165) is 96.3 Å². The number of likely N-dealkylation sites (N-methyl/N-ethyl adjacent to an activating group) is 1. The van der Waals surface area contributed by atoms with Gasteiger partial charge in [-0.25, -0.2) is 0 Å². The van der Waals surface area contributed by atoms with Crippen LogP contribution in [0.4, 0.5) is 0 Å². The number of hydrogen-bond donors (Lipinski definition) is 0. The quantitative estimate of drug-likeness (QED) is 0.0197. The summed E-state index contributed by atoms with van der Waals surface area (Å²) in [6, 6.07) is 0. The molecule has 0 aromatic carbocycles. The molecule has 8 nitrogen and oxygen atoms in total. The van der Waals surface area contributed by atoms with Gasteiger partial charge in [0, 0.05) is 13.0 Å². The van der Waals surface area contributed by atoms with Crippen molar-refractivity contribution in [3.63, 3.8) is 0 Å². The van der Waals surface area contributed by atoms with Crippen LogP contribution in [0.1, 0.15) is 219 Å². The van der Waals surface area contributed by atoms with Gasteiger partial charge >= 0.3 is 5.97 Å². The van der Waals surface area contributed by atoms with E-state index >= 15 is 0 Å². The van der Waals surface area contributed by atoms with E-state index in [2.05, 4.69) is 123 Å². The number of phosphoric acid groups is 1. The fraction of sp³-hybridized carbons (Fsp3) is 0.694. The number of esters is 1. The van der Waals surface area contributed by atoms with Crippen molar-refractivity contribution in [2.45, 2.75) is 225 Å². The Labute approximate surface area is 438 Å². The first-order chi connectivity index (χ1) is 34.6. The summed E-state index contributed by atoms with van der Waals surface area (Å²) in [5.41, 5.74) is 0. The number of carbonyl (C=O) groups is 1. The molecule has 0 amide bonds. The summed E-state index contributed by atoms with van der Waals surface area (Å²) >= 11 is 0. The van der Waals surface area contributed by atoms with Gasteiger partial charge in [0.15, 0.2) is 0 Å². The van der Waals surface area contributed by atoms with Crippen LogP contribution in [-0.2, 0) is 27.9 Å². The number of hydrogen-bond acceptors (Lipinski definition) is 7. The fourth-order valence-electron chi connectivity index (χ4n) is 7.44. The highest BCUT2D eigenvalue weighted by Crippen LogP contribution is 2.38. The minimum atomic E-state index is -4.55. The Morgan fingerprint density at radius 3 is 1.23 bits per heavy atom. The molecule has 2 atom stereocenters. The molecule has 0 aliphatic heterocycles. The summed E-state index contributed by atoms with van der Waals surface area (Å²) in [5, 5.41) is 0. The lowest BCUT2D eigenvalue weighted by Crippen LogP contribution is -2.37. The maximum absolute atomic E-state index is 12.8. The highest BCUT2D eigenvalue weighted by molar-refractivity contribution is 7.45. The van der Waals surface area contributed by atoms with Crippen molar-refractivity contribution in [2.75, 3.05) is 54.1 Å². The Hall–Kier alpha value is -2.84. The van der Waals surface area contributed by atoms with Gasteiger partial charge in [-0.15, -0.1) is 0 Å². The zero-order valence-corrected chi connectivity index (χ0v) is 47.3. The van der Waals surface area contributed by atoms with Gasteiger partial charge in [0.05, 0.1) is 34.4 Å². The van der Waals surface area contributed by atoms with E-state index in [4.69, 9.17) is 18.5 Å². The molecule has 0 aliphatic rings. The van der Waals surface area contributed by atoms with Crippen molar-refractivity contribution < 1.29 is 37.3 Å². The van der Waals surface area contributed by atoms with Crippen LogP contribution < -0.4 is 4.89 Å². The highest BCUT2D eigenvalue weighted by Gasteiger charge is 2.20. The van der Waals surface area contributed by atoms with Crippen LogP contribution >= 0.6 is 7.82 Å². The lowest BCUT2D eigenvalue weighted by atomic mass is 10.0. The molecule has 0 aliphatic carbocycles. The van der Waals surface area contributed by atoms with Crippen LogP contribution in [0, 0.1) is 0 Å². The Kier molecular flexibility index (Phi) is 51.3. The van der Waals surface area contributed by atoms with E-state index in [1.165, 1.54) is 103 Å². The molecule has 0 spiro atoms. The van der Waals surface area contributed by atoms with Crippen LogP contribution in [0.3, 0.4) is 0 Å². The lowest BCUT2D eigenvalue weighted by molar-refractivity contribution is -0.870. The van der Waals surface area contributed by atoms with Crippen LogP contribution in [0.25, 0.3) is 0 Å². The van der Waals surface area contributed by atoms with Gasteiger partial charge in [-0.2, -0.15) is 0 Å². The molecule has 0 fully saturated rings. The molecule has 0 aromatic rings. The van der Waals surface area contributed by atoms with Crippen LogP contribution in [0.2, 0.25) is 0 Å². The van der Waals surface area contributed by atoms with E-state index in [9.17, 15) is 14.3 Å². The normalized spacial score (nSPS) is 14.3. The number of ether oxygens (including phenoxy) is 2. The Balaban J connectivity index is 4.18. The maximum atomic E-state index is 12.8. The zero-order valence-electron chi connectivity index (χ0n) is 46.4. The third kappa shape index (κ3) is 57.9. The summed E-state index contributed by atoms with van der Waals surface area (Å²) < 4.78 is 34.8. The molecule has 0 heterocycles. The van der Waals surface area contributed by atoms with Crippen molar-refractivity contribution in [3.05, 3.63) is 109 Å². The standard InChI is InChI=1S/C62H108NO7P/c1-6-8-10-12-14-16-18-20-22-24-26-28-30-32-33-35-37-39-41-43-45-47-49-51-53-55-62(64)70-61(60-69-71(65,66)68-58-56-63(3,4)5)59-67-57-54-52-50-48-46-44-42-40-38-36-34-31-29-27-25-23-21-19-17-15-13-11-9-7-2/h9,11,15,17-18,20-21,23-24,26-27,29-30,32,34,36,40,42,61H,6-8,10,12-14,16,19,22,25,28,31,33,35,37-39,41,43-60H2,1-5H3/b11-9-,17-15-,20-18-,23-21-,26-24-,29-27-,32-30-,36-34-,42-40-. The molecule has 0 saturated carbocycles. The van der Waals surface area contributed by atoms with Crippen LogP contribution in [0.5, 0.6) is 0 Å². The number of carbonyl (C=O) groups excluding carboxylic acids is 1. The molecule has 9 heteroatoms. The molecule has 2 unspecified atom stereocenters. The van der Waals surface area contributed by atoms with Gasteiger partial charge in [0.1, 0.15) is 19.3 Å². The van der Waals surface area contributed by atoms with Crippen molar-refractivity contribution in [1.29, 1.82) is 0 Å². The second-order valence-electron chi connectivity index (χ2n) is 19.9. The molecular weight excluding hydrogens is 902 g/mol. The summed E-state index contributed by atoms with van der Waals surface area (Å²) in [4.78, 5) is 25.3. The van der Waals surface area contributed by atoms with E-state index in [0.29, 0.717) is 24.1 Å². The van der Waals surface area contributed by atoms with Gasteiger partial charge in [-0.05, 0) is 103 Å². The predicted octanol–water partition coefficient (Wildman–Crippen LogP) is 17.7. The van der Waals surface area contributed by atoms with Gasteiger partial charge in [-0.1, -0.05) is 220 Å². The van der Waals surface area contributed by atoms with Crippen molar-refractivity contribution >= 4 is 13.8 Å². The zero-order chi connectivity index (χ0) is 51.9. The monoisotopic (exact) mass is 1010 g/mol. The molecular formula is C62H108NO7P. The molecule has 0 saturated heterocycles. The average Bonchev–Trinajstić information content (AvgIpc) is 3.33. The van der Waals surface area contributed by atoms with E-state index < -0.39 is 13.9 Å². The molecule has 408 valence electrons. The Morgan fingerprint density at radius 1 is 0.451 bits per heavy atom. The van der Waals surface area contributed by atoms with Crippen LogP contribution in [0.15, 0.2) is 109 Å². The number of nitrogens with zero attached hydrogens (tertiary/aromatic N) is 1. The van der Waals surface area contributed by atoms with E-state index in [-0.39, 0.29) is 25.8 Å². The summed E-state index contributed by atoms with van der Waals surface area (Å²) in [7, 11) is 1.32. The van der Waals surface area contributed by atoms with Gasteiger partial charge in [-0.3, -0.25) is 9.36 Å². The summed E-state index contributed by atoms with van der Waals surface area (Å²) in [6.07, 6.45) is 75.5. The number of allylic oxidation sites excluding steroid dienone is 18. The second-order valence-corrected chi connectivity index (χ2v) is 21.3. The van der Waals surface area contributed by atoms with Crippen molar-refractivity contribution in [3.8, 4) is 0 Å². The minimum absolute atomic E-state index is 0.0149. The number of quaternary nitrogens is 1. The Morgan fingerprint density at radius 2 is 0.817 bits per heavy atom. The second kappa shape index (κ2) is 53.5. The molecule has 0 N–H and O–H groups in total. The van der Waals surface area contributed by atoms with Gasteiger partial charge in [0.2, 0.25) is 0 Å². The first-order valence-electron chi connectivity index (χ1n) is 28.6. The first-order valence-corrected chi connectivity index (χ1v) is 30.1. The SMILES string of the molecule is CC/C=C\C/C=C\C/C=C\C/C=C\C/C=C\C/C=C\CCCCCCCOCC(COP(=O)([O-])OCC[N+](C)(C)C)OC(=O)CCCCCCCCCCCC/C=C\C/C=C\C/C=C\CCCCCCC. The molecule has 0 radical (unpaired) electrons. The smallest absolute Gasteiger partial charge is 0.306 e. The number of phosphoric ester groups is 1. The van der Waals surface area contributed by atoms with Crippen molar-refractivity contribution in [2.24, 2.45) is 0 Å². The topological polar surface area (TPSA) is 94.1 Å². The molecule has 0 rings (SSSR count). The molecule has 71 heavy (non-hydrogen) atoms. The summed E-state index contributed by atoms with van der Waals surface area (Å²) in [5.74, 6) is -0.349. The molecule has 0 bridgehead atoms. The highest BCUT2D eigenvalue weighted by atomic mass is 31.2. The predicted molar refractivity (Wildman–Crippen MR) is 304 cm³/mol. The third-order valence-electron chi connectivity index (χ3n) is 11.8. The largest absolute Gasteiger partial charge is 0.756 e. The number of unbranched alkanes of at least 4 members (excludes halogenated alkanes) is 20. The minimum Gasteiger partial charge on any atom is -0.756 e. The average molecular weight is 1010 g/mol. The van der Waals surface area contributed by atoms with Gasteiger partial charge in [0.25, 0.3) is 7.82 Å². The van der Waals surface area contributed by atoms with Crippen molar-refractivity contribution in [1.82, 2.24) is 0 Å². The fourth-order valence-corrected chi connectivity index (χ4v) is 8.17. The lowest BCUT2D eigenvalue weighted by Gasteiger charge is -2.28. The third-order valence-corrected chi connectivity index (χ3v) is 12.8. The number of rotatable bonds is 52.